The number of ether oxygens (including phenoxy) is 2. The topological polar surface area (TPSA) is 149 Å². The van der Waals surface area contributed by atoms with Crippen LogP contribution in [0.1, 0.15) is 22.2 Å². The molecule has 0 spiro atoms. The Morgan fingerprint density at radius 1 is 1.00 bits per heavy atom. The van der Waals surface area contributed by atoms with Crippen molar-refractivity contribution >= 4 is 38.4 Å². The summed E-state index contributed by atoms with van der Waals surface area (Å²) in [5.74, 6) is -1.53. The maximum absolute atomic E-state index is 13.8. The third-order valence-corrected chi connectivity index (χ3v) is 7.19. The molecule has 0 aliphatic carbocycles. The highest BCUT2D eigenvalue weighted by atomic mass is 32.2. The van der Waals surface area contributed by atoms with Gasteiger partial charge < -0.3 is 19.0 Å². The molecule has 1 aromatic heterocycles. The molecule has 0 bridgehead atoms. The molecule has 1 aliphatic heterocycles. The molecule has 0 fully saturated rings. The van der Waals surface area contributed by atoms with Crippen molar-refractivity contribution in [3.8, 4) is 11.5 Å². The van der Waals surface area contributed by atoms with E-state index >= 15 is 0 Å². The molecule has 3 N–H and O–H groups in total. The van der Waals surface area contributed by atoms with E-state index in [1.807, 2.05) is 0 Å². The van der Waals surface area contributed by atoms with E-state index in [0.717, 1.165) is 0 Å². The molecule has 38 heavy (non-hydrogen) atoms. The molecule has 5 rings (SSSR count). The molecular formula is C27H22N2O8S. The van der Waals surface area contributed by atoms with E-state index in [-0.39, 0.29) is 21.9 Å². The van der Waals surface area contributed by atoms with Gasteiger partial charge in [0.1, 0.15) is 5.75 Å². The van der Waals surface area contributed by atoms with Gasteiger partial charge in [-0.2, -0.15) is 0 Å². The number of para-hydroxylation sites is 1. The number of hydrogen-bond acceptors (Lipinski definition) is 8. The highest BCUT2D eigenvalue weighted by Gasteiger charge is 2.45. The zero-order chi connectivity index (χ0) is 27.2. The monoisotopic (exact) mass is 534 g/mol. The van der Waals surface area contributed by atoms with Gasteiger partial charge in [-0.1, -0.05) is 24.3 Å². The number of ketones is 1. The number of nitrogens with zero attached hydrogens (tertiary/aromatic N) is 1. The van der Waals surface area contributed by atoms with E-state index in [4.69, 9.17) is 19.0 Å². The van der Waals surface area contributed by atoms with E-state index in [9.17, 15) is 23.1 Å². The number of anilines is 1. The lowest BCUT2D eigenvalue weighted by atomic mass is 9.94. The number of Topliss-reactive ketones (excluding diaryl/α,β-unsaturated/α-hetero) is 1. The third kappa shape index (κ3) is 4.17. The van der Waals surface area contributed by atoms with E-state index < -0.39 is 33.5 Å². The van der Waals surface area contributed by atoms with Crippen LogP contribution in [0.3, 0.4) is 0 Å². The minimum absolute atomic E-state index is 0.0989. The van der Waals surface area contributed by atoms with Crippen LogP contribution >= 0.6 is 0 Å². The van der Waals surface area contributed by atoms with Gasteiger partial charge in [0, 0.05) is 11.1 Å². The van der Waals surface area contributed by atoms with E-state index in [2.05, 4.69) is 0 Å². The van der Waals surface area contributed by atoms with Crippen molar-refractivity contribution in [1.82, 2.24) is 0 Å². The van der Waals surface area contributed by atoms with Crippen molar-refractivity contribution in [2.24, 2.45) is 5.14 Å². The Morgan fingerprint density at radius 3 is 2.37 bits per heavy atom. The Labute approximate surface area is 217 Å². The molecule has 10 nitrogen and oxygen atoms in total. The molecule has 1 unspecified atom stereocenters. The lowest BCUT2D eigenvalue weighted by molar-refractivity contribution is -0.117. The smallest absolute Gasteiger partial charge is 0.294 e. The van der Waals surface area contributed by atoms with E-state index in [1.54, 1.807) is 42.5 Å². The fraction of sp³-hybridized carbons (Fsp3) is 0.111. The van der Waals surface area contributed by atoms with Crippen molar-refractivity contribution < 1.29 is 37.0 Å². The first-order chi connectivity index (χ1) is 18.1. The number of benzene rings is 3. The van der Waals surface area contributed by atoms with Crippen LogP contribution in [0.5, 0.6) is 11.5 Å². The molecule has 2 heterocycles. The summed E-state index contributed by atoms with van der Waals surface area (Å²) in [6, 6.07) is 17.5. The summed E-state index contributed by atoms with van der Waals surface area (Å²) in [4.78, 5) is 28.2. The van der Waals surface area contributed by atoms with Crippen molar-refractivity contribution in [2.75, 3.05) is 19.1 Å². The van der Waals surface area contributed by atoms with Gasteiger partial charge in [-0.15, -0.1) is 0 Å². The van der Waals surface area contributed by atoms with Crippen LogP contribution < -0.4 is 19.5 Å². The third-order valence-electron chi connectivity index (χ3n) is 6.26. The van der Waals surface area contributed by atoms with Crippen LogP contribution in [-0.2, 0) is 14.8 Å². The minimum atomic E-state index is -3.98. The number of sulfonamides is 1. The lowest BCUT2D eigenvalue weighted by Crippen LogP contribution is -2.31. The standard InChI is InChI=1S/C27H22N2O8S/c1-35-18-7-3-5-15(13-18)23-22(24(30)21-14-16-6-4-8-20(36-2)26(16)37-21)25(31)27(32)29(23)17-9-11-19(12-10-17)38(28,33)34/h3-14,23,31H,1-2H3,(H2,28,33,34). The highest BCUT2D eigenvalue weighted by molar-refractivity contribution is 7.89. The average Bonchev–Trinajstić information content (AvgIpc) is 3.47. The van der Waals surface area contributed by atoms with Gasteiger partial charge in [-0.25, -0.2) is 13.6 Å². The number of methoxy groups -OCH3 is 2. The van der Waals surface area contributed by atoms with E-state index in [0.29, 0.717) is 28.0 Å². The molecule has 1 amide bonds. The van der Waals surface area contributed by atoms with Crippen molar-refractivity contribution in [3.63, 3.8) is 0 Å². The van der Waals surface area contributed by atoms with Crippen LogP contribution in [0.15, 0.2) is 93.4 Å². The first-order valence-corrected chi connectivity index (χ1v) is 12.8. The largest absolute Gasteiger partial charge is 0.503 e. The number of furan rings is 1. The SMILES string of the molecule is COc1cccc(C2C(C(=O)c3cc4cccc(OC)c4o3)=C(O)C(=O)N2c2ccc(S(N)(=O)=O)cc2)c1. The fourth-order valence-electron chi connectivity index (χ4n) is 4.47. The Bertz CT molecular complexity index is 1720. The van der Waals surface area contributed by atoms with E-state index in [1.165, 1.54) is 49.5 Å². The molecule has 0 radical (unpaired) electrons. The predicted molar refractivity (Wildman–Crippen MR) is 138 cm³/mol. The quantitative estimate of drug-likeness (QED) is 0.339. The molecular weight excluding hydrogens is 512 g/mol. The molecule has 194 valence electrons. The predicted octanol–water partition coefficient (Wildman–Crippen LogP) is 3.88. The number of rotatable bonds is 7. The van der Waals surface area contributed by atoms with Gasteiger partial charge >= 0.3 is 0 Å². The summed E-state index contributed by atoms with van der Waals surface area (Å²) >= 11 is 0. The van der Waals surface area contributed by atoms with Crippen LogP contribution in [0.4, 0.5) is 5.69 Å². The number of aliphatic hydroxyl groups is 1. The number of hydrogen-bond donors (Lipinski definition) is 2. The van der Waals surface area contributed by atoms with Crippen molar-refractivity contribution in [1.29, 1.82) is 0 Å². The lowest BCUT2D eigenvalue weighted by Gasteiger charge is -2.27. The number of fused-ring (bicyclic) bond motifs is 1. The maximum atomic E-state index is 13.8. The zero-order valence-electron chi connectivity index (χ0n) is 20.2. The van der Waals surface area contributed by atoms with Crippen LogP contribution in [0.25, 0.3) is 11.0 Å². The van der Waals surface area contributed by atoms with Crippen molar-refractivity contribution in [2.45, 2.75) is 10.9 Å². The van der Waals surface area contributed by atoms with Crippen LogP contribution in [0, 0.1) is 0 Å². The average molecular weight is 535 g/mol. The molecule has 4 aromatic rings. The van der Waals surface area contributed by atoms with Gasteiger partial charge in [0.25, 0.3) is 5.91 Å². The van der Waals surface area contributed by atoms with Gasteiger partial charge in [-0.3, -0.25) is 14.5 Å². The number of aliphatic hydroxyl groups excluding tert-OH is 1. The molecule has 0 saturated heterocycles. The summed E-state index contributed by atoms with van der Waals surface area (Å²) in [5, 5.41) is 16.8. The zero-order valence-corrected chi connectivity index (χ0v) is 21.1. The normalized spacial score (nSPS) is 15.8. The molecule has 1 atom stereocenters. The molecule has 11 heteroatoms. The second-order valence-corrected chi connectivity index (χ2v) is 10.0. The van der Waals surface area contributed by atoms with Crippen LogP contribution in [-0.4, -0.2) is 39.4 Å². The van der Waals surface area contributed by atoms with Gasteiger partial charge in [0.15, 0.2) is 22.9 Å². The second-order valence-electron chi connectivity index (χ2n) is 8.47. The van der Waals surface area contributed by atoms with Crippen LogP contribution in [0.2, 0.25) is 0 Å². The second kappa shape index (κ2) is 9.36. The first kappa shape index (κ1) is 25.1. The fourth-order valence-corrected chi connectivity index (χ4v) is 4.98. The summed E-state index contributed by atoms with van der Waals surface area (Å²) in [5.41, 5.74) is 0.832. The Morgan fingerprint density at radius 2 is 1.71 bits per heavy atom. The number of nitrogens with two attached hydrogens (primary N) is 1. The van der Waals surface area contributed by atoms with Gasteiger partial charge in [-0.05, 0) is 54.1 Å². The summed E-state index contributed by atoms with van der Waals surface area (Å²) in [6.07, 6.45) is 0. The molecule has 0 saturated carbocycles. The Balaban J connectivity index is 1.66. The summed E-state index contributed by atoms with van der Waals surface area (Å²) in [7, 11) is -1.03. The van der Waals surface area contributed by atoms with Crippen molar-refractivity contribution in [3.05, 3.63) is 95.5 Å². The number of carbonyl (C=O) groups excluding carboxylic acids is 2. The summed E-state index contributed by atoms with van der Waals surface area (Å²) in [6.45, 7) is 0. The molecule has 1 aliphatic rings. The summed E-state index contributed by atoms with van der Waals surface area (Å²) < 4.78 is 39.9. The first-order valence-electron chi connectivity index (χ1n) is 11.3. The van der Waals surface area contributed by atoms with Gasteiger partial charge in [0.2, 0.25) is 15.8 Å². The minimum Gasteiger partial charge on any atom is -0.503 e. The molecule has 3 aromatic carbocycles. The van der Waals surface area contributed by atoms with Gasteiger partial charge in [0.05, 0.1) is 30.7 Å². The highest BCUT2D eigenvalue weighted by Crippen LogP contribution is 2.43. The number of amides is 1. The number of primary sulfonamides is 1. The Hall–Kier alpha value is -4.61. The Kier molecular flexibility index (Phi) is 6.17. The maximum Gasteiger partial charge on any atom is 0.294 e. The number of carbonyl (C=O) groups is 2.